The SMILES string of the molecule is Cc1ccc(-c2nc3n(c2CO)-c2ccccc2CC3)cc1. The molecule has 3 heteroatoms. The second-order valence-corrected chi connectivity index (χ2v) is 5.81. The van der Waals surface area contributed by atoms with Gasteiger partial charge in [0.25, 0.3) is 0 Å². The van der Waals surface area contributed by atoms with Crippen LogP contribution in [0.25, 0.3) is 16.9 Å². The van der Waals surface area contributed by atoms with Crippen molar-refractivity contribution in [2.24, 2.45) is 0 Å². The molecule has 1 aliphatic heterocycles. The van der Waals surface area contributed by atoms with E-state index in [1.165, 1.54) is 11.1 Å². The maximum atomic E-state index is 9.94. The van der Waals surface area contributed by atoms with Gasteiger partial charge in [-0.25, -0.2) is 4.98 Å². The van der Waals surface area contributed by atoms with Crippen LogP contribution in [0.15, 0.2) is 48.5 Å². The molecule has 1 N–H and O–H groups in total. The first-order chi connectivity index (χ1) is 10.8. The number of aliphatic hydroxyl groups is 1. The molecule has 0 atom stereocenters. The van der Waals surface area contributed by atoms with Gasteiger partial charge in [0.15, 0.2) is 0 Å². The molecule has 110 valence electrons. The van der Waals surface area contributed by atoms with Crippen molar-refractivity contribution >= 4 is 0 Å². The summed E-state index contributed by atoms with van der Waals surface area (Å²) < 4.78 is 2.13. The van der Waals surface area contributed by atoms with E-state index in [4.69, 9.17) is 4.98 Å². The van der Waals surface area contributed by atoms with Crippen molar-refractivity contribution in [2.75, 3.05) is 0 Å². The monoisotopic (exact) mass is 290 g/mol. The predicted octanol–water partition coefficient (Wildman–Crippen LogP) is 3.44. The van der Waals surface area contributed by atoms with Crippen LogP contribution in [-0.2, 0) is 19.4 Å². The van der Waals surface area contributed by atoms with Crippen molar-refractivity contribution in [3.05, 3.63) is 71.2 Å². The lowest BCUT2D eigenvalue weighted by atomic mass is 10.0. The van der Waals surface area contributed by atoms with Gasteiger partial charge in [0.05, 0.1) is 23.7 Å². The lowest BCUT2D eigenvalue weighted by Crippen LogP contribution is -2.14. The van der Waals surface area contributed by atoms with Gasteiger partial charge in [0, 0.05) is 12.0 Å². The molecule has 0 saturated carbocycles. The summed E-state index contributed by atoms with van der Waals surface area (Å²) in [5, 5.41) is 9.94. The third-order valence-corrected chi connectivity index (χ3v) is 4.37. The molecule has 0 spiro atoms. The number of aliphatic hydroxyl groups excluding tert-OH is 1. The Morgan fingerprint density at radius 2 is 1.82 bits per heavy atom. The average Bonchev–Trinajstić information content (AvgIpc) is 2.94. The highest BCUT2D eigenvalue weighted by molar-refractivity contribution is 5.65. The van der Waals surface area contributed by atoms with Crippen LogP contribution in [0.5, 0.6) is 0 Å². The highest BCUT2D eigenvalue weighted by Crippen LogP contribution is 2.32. The van der Waals surface area contributed by atoms with E-state index < -0.39 is 0 Å². The van der Waals surface area contributed by atoms with Gasteiger partial charge in [-0.3, -0.25) is 4.57 Å². The van der Waals surface area contributed by atoms with Crippen molar-refractivity contribution in [1.82, 2.24) is 9.55 Å². The van der Waals surface area contributed by atoms with Gasteiger partial charge < -0.3 is 5.11 Å². The van der Waals surface area contributed by atoms with Gasteiger partial charge in [0.1, 0.15) is 5.82 Å². The van der Waals surface area contributed by atoms with Crippen molar-refractivity contribution in [3.8, 4) is 16.9 Å². The van der Waals surface area contributed by atoms with Gasteiger partial charge in [-0.15, -0.1) is 0 Å². The lowest BCUT2D eigenvalue weighted by molar-refractivity contribution is 0.274. The summed E-state index contributed by atoms with van der Waals surface area (Å²) in [6, 6.07) is 16.7. The first-order valence-corrected chi connectivity index (χ1v) is 7.64. The Balaban J connectivity index is 1.94. The maximum Gasteiger partial charge on any atom is 0.114 e. The number of para-hydroxylation sites is 1. The molecule has 22 heavy (non-hydrogen) atoms. The van der Waals surface area contributed by atoms with Crippen LogP contribution < -0.4 is 0 Å². The molecule has 3 aromatic rings. The number of hydrogen-bond donors (Lipinski definition) is 1. The Morgan fingerprint density at radius 1 is 1.05 bits per heavy atom. The van der Waals surface area contributed by atoms with Crippen LogP contribution in [0.2, 0.25) is 0 Å². The smallest absolute Gasteiger partial charge is 0.114 e. The van der Waals surface area contributed by atoms with E-state index in [9.17, 15) is 5.11 Å². The van der Waals surface area contributed by atoms with Crippen LogP contribution in [0, 0.1) is 6.92 Å². The van der Waals surface area contributed by atoms with Crippen LogP contribution in [-0.4, -0.2) is 14.7 Å². The quantitative estimate of drug-likeness (QED) is 0.785. The number of imidazole rings is 1. The van der Waals surface area contributed by atoms with E-state index in [0.29, 0.717) is 0 Å². The standard InChI is InChI=1S/C19H18N2O/c1-13-6-8-15(9-7-13)19-17(12-22)21-16-5-3-2-4-14(16)10-11-18(21)20-19/h2-9,22H,10-12H2,1H3. The summed E-state index contributed by atoms with van der Waals surface area (Å²) in [5.74, 6) is 1.04. The first-order valence-electron chi connectivity index (χ1n) is 7.64. The van der Waals surface area contributed by atoms with Crippen molar-refractivity contribution in [1.29, 1.82) is 0 Å². The number of nitrogens with zero attached hydrogens (tertiary/aromatic N) is 2. The summed E-state index contributed by atoms with van der Waals surface area (Å²) >= 11 is 0. The van der Waals surface area contributed by atoms with Gasteiger partial charge >= 0.3 is 0 Å². The number of fused-ring (bicyclic) bond motifs is 3. The molecule has 0 saturated heterocycles. The fraction of sp³-hybridized carbons (Fsp3) is 0.211. The number of aryl methyl sites for hydroxylation is 3. The molecule has 0 fully saturated rings. The summed E-state index contributed by atoms with van der Waals surface area (Å²) in [5.41, 5.74) is 6.54. The minimum Gasteiger partial charge on any atom is -0.390 e. The zero-order chi connectivity index (χ0) is 15.1. The Bertz CT molecular complexity index is 831. The molecule has 4 rings (SSSR count). The zero-order valence-corrected chi connectivity index (χ0v) is 12.6. The topological polar surface area (TPSA) is 38.0 Å². The Kier molecular flexibility index (Phi) is 3.09. The van der Waals surface area contributed by atoms with E-state index >= 15 is 0 Å². The molecule has 3 nitrogen and oxygen atoms in total. The highest BCUT2D eigenvalue weighted by Gasteiger charge is 2.23. The molecular weight excluding hydrogens is 272 g/mol. The number of hydrogen-bond acceptors (Lipinski definition) is 2. The summed E-state index contributed by atoms with van der Waals surface area (Å²) in [7, 11) is 0. The van der Waals surface area contributed by atoms with Crippen molar-refractivity contribution in [3.63, 3.8) is 0 Å². The Labute approximate surface area is 129 Å². The fourth-order valence-electron chi connectivity index (χ4n) is 3.23. The van der Waals surface area contributed by atoms with Crippen LogP contribution in [0.4, 0.5) is 0 Å². The minimum absolute atomic E-state index is 0.00938. The molecule has 2 heterocycles. The van der Waals surface area contributed by atoms with E-state index in [1.54, 1.807) is 0 Å². The Hall–Kier alpha value is -2.39. The predicted molar refractivity (Wildman–Crippen MR) is 87.1 cm³/mol. The maximum absolute atomic E-state index is 9.94. The molecule has 0 radical (unpaired) electrons. The number of aromatic nitrogens is 2. The van der Waals surface area contributed by atoms with Gasteiger partial charge in [-0.05, 0) is 25.0 Å². The van der Waals surface area contributed by atoms with Crippen LogP contribution in [0.3, 0.4) is 0 Å². The average molecular weight is 290 g/mol. The van der Waals surface area contributed by atoms with Crippen LogP contribution in [0.1, 0.15) is 22.6 Å². The second-order valence-electron chi connectivity index (χ2n) is 5.81. The molecule has 1 aliphatic rings. The summed E-state index contributed by atoms with van der Waals surface area (Å²) in [6.07, 6.45) is 1.92. The van der Waals surface area contributed by atoms with E-state index in [-0.39, 0.29) is 6.61 Å². The molecule has 0 aliphatic carbocycles. The molecule has 0 amide bonds. The molecule has 2 aromatic carbocycles. The van der Waals surface area contributed by atoms with E-state index in [2.05, 4.69) is 54.0 Å². The molecule has 0 unspecified atom stereocenters. The normalized spacial score (nSPS) is 12.8. The molecular formula is C19H18N2O. The molecule has 1 aromatic heterocycles. The second kappa shape index (κ2) is 5.11. The van der Waals surface area contributed by atoms with Gasteiger partial charge in [0.2, 0.25) is 0 Å². The van der Waals surface area contributed by atoms with E-state index in [1.807, 2.05) is 6.07 Å². The first kappa shape index (κ1) is 13.3. The Morgan fingerprint density at radius 3 is 2.59 bits per heavy atom. The fourth-order valence-corrected chi connectivity index (χ4v) is 3.23. The third-order valence-electron chi connectivity index (χ3n) is 4.37. The van der Waals surface area contributed by atoms with Crippen molar-refractivity contribution in [2.45, 2.75) is 26.4 Å². The lowest BCUT2D eigenvalue weighted by Gasteiger charge is -2.20. The zero-order valence-electron chi connectivity index (χ0n) is 12.6. The van der Waals surface area contributed by atoms with Gasteiger partial charge in [-0.2, -0.15) is 0 Å². The number of benzene rings is 2. The largest absolute Gasteiger partial charge is 0.390 e. The van der Waals surface area contributed by atoms with Gasteiger partial charge in [-0.1, -0.05) is 48.0 Å². The minimum atomic E-state index is -0.00938. The summed E-state index contributed by atoms with van der Waals surface area (Å²) in [4.78, 5) is 4.82. The third kappa shape index (κ3) is 1.97. The van der Waals surface area contributed by atoms with Crippen LogP contribution >= 0.6 is 0 Å². The number of rotatable bonds is 2. The molecule has 0 bridgehead atoms. The highest BCUT2D eigenvalue weighted by atomic mass is 16.3. The van der Waals surface area contributed by atoms with Crippen molar-refractivity contribution < 1.29 is 5.11 Å². The summed E-state index contributed by atoms with van der Waals surface area (Å²) in [6.45, 7) is 2.07. The van der Waals surface area contributed by atoms with E-state index in [0.717, 1.165) is 41.3 Å².